The molecular weight excluding hydrogens is 490 g/mol. The first-order valence-electron chi connectivity index (χ1n) is 10.8. The Bertz CT molecular complexity index is 1460. The monoisotopic (exact) mass is 513 g/mol. The van der Waals surface area contributed by atoms with E-state index in [1.54, 1.807) is 31.2 Å². The lowest BCUT2D eigenvalue weighted by Crippen LogP contribution is -2.33. The Kier molecular flexibility index (Phi) is 6.11. The van der Waals surface area contributed by atoms with Gasteiger partial charge < -0.3 is 5.21 Å². The molecule has 182 valence electrons. The van der Waals surface area contributed by atoms with Crippen molar-refractivity contribution in [2.45, 2.75) is 44.6 Å². The molecule has 10 heteroatoms. The van der Waals surface area contributed by atoms with Crippen LogP contribution >= 0.6 is 11.6 Å². The van der Waals surface area contributed by atoms with Gasteiger partial charge in [-0.3, -0.25) is 19.2 Å². The summed E-state index contributed by atoms with van der Waals surface area (Å²) in [6.07, 6.45) is 1.28. The molecule has 0 saturated heterocycles. The highest BCUT2D eigenvalue weighted by Crippen LogP contribution is 2.36. The number of carbonyl (C=O) groups excluding carboxylic acids is 2. The molecular formula is C25H24ClN3O5S. The molecule has 2 aromatic carbocycles. The van der Waals surface area contributed by atoms with Gasteiger partial charge in [-0.25, -0.2) is 8.42 Å². The van der Waals surface area contributed by atoms with Crippen LogP contribution in [-0.4, -0.2) is 25.1 Å². The second-order valence-corrected chi connectivity index (χ2v) is 11.5. The third kappa shape index (κ3) is 4.61. The summed E-state index contributed by atoms with van der Waals surface area (Å²) < 4.78 is 29.2. The van der Waals surface area contributed by atoms with E-state index in [1.807, 2.05) is 20.8 Å². The normalized spacial score (nSPS) is 13.8. The summed E-state index contributed by atoms with van der Waals surface area (Å²) in [6.45, 7) is 7.53. The zero-order valence-corrected chi connectivity index (χ0v) is 21.2. The van der Waals surface area contributed by atoms with Gasteiger partial charge in [0.1, 0.15) is 0 Å². The van der Waals surface area contributed by atoms with E-state index < -0.39 is 21.8 Å². The molecule has 1 aromatic heterocycles. The van der Waals surface area contributed by atoms with E-state index in [2.05, 4.69) is 4.72 Å². The molecule has 2 amide bonds. The molecule has 1 aliphatic heterocycles. The van der Waals surface area contributed by atoms with Gasteiger partial charge in [-0.15, -0.1) is 0 Å². The summed E-state index contributed by atoms with van der Waals surface area (Å²) in [5.74, 6) is -1.37. The molecule has 0 saturated carbocycles. The van der Waals surface area contributed by atoms with E-state index in [9.17, 15) is 23.2 Å². The molecule has 0 atom stereocenters. The van der Waals surface area contributed by atoms with Crippen LogP contribution in [0.4, 0.5) is 5.69 Å². The van der Waals surface area contributed by atoms with E-state index in [0.29, 0.717) is 16.0 Å². The van der Waals surface area contributed by atoms with Gasteiger partial charge in [0.2, 0.25) is 0 Å². The topological polar surface area (TPSA) is 110 Å². The summed E-state index contributed by atoms with van der Waals surface area (Å²) >= 11 is 6.23. The number of carbonyl (C=O) groups is 2. The predicted octanol–water partition coefficient (Wildman–Crippen LogP) is 4.18. The first-order valence-corrected chi connectivity index (χ1v) is 12.7. The van der Waals surface area contributed by atoms with Gasteiger partial charge in [-0.1, -0.05) is 44.5 Å². The van der Waals surface area contributed by atoms with Gasteiger partial charge in [-0.05, 0) is 41.3 Å². The highest BCUT2D eigenvalue weighted by atomic mass is 35.5. The number of halogens is 1. The Balaban J connectivity index is 1.67. The van der Waals surface area contributed by atoms with Crippen molar-refractivity contribution in [3.8, 4) is 0 Å². The first-order chi connectivity index (χ1) is 16.3. The number of fused-ring (bicyclic) bond motifs is 1. The zero-order valence-electron chi connectivity index (χ0n) is 19.6. The number of nitrogens with zero attached hydrogens (tertiary/aromatic N) is 2. The van der Waals surface area contributed by atoms with Crippen molar-refractivity contribution in [3.05, 3.63) is 92.9 Å². The van der Waals surface area contributed by atoms with Crippen LogP contribution in [0.5, 0.6) is 0 Å². The minimum absolute atomic E-state index is 0.0162. The first kappa shape index (κ1) is 24.7. The number of nitrogens with one attached hydrogen (secondary N) is 1. The smallest absolute Gasteiger partial charge is 0.264 e. The van der Waals surface area contributed by atoms with Crippen LogP contribution in [0.2, 0.25) is 5.02 Å². The average Bonchev–Trinajstić information content (AvgIpc) is 3.03. The maximum Gasteiger partial charge on any atom is 0.264 e. The Hall–Kier alpha value is -3.43. The van der Waals surface area contributed by atoms with Crippen LogP contribution in [0.1, 0.15) is 58.3 Å². The van der Waals surface area contributed by atoms with Crippen molar-refractivity contribution in [3.63, 3.8) is 0 Å². The number of rotatable bonds is 5. The summed E-state index contributed by atoms with van der Waals surface area (Å²) in [6, 6.07) is 12.4. The van der Waals surface area contributed by atoms with Gasteiger partial charge in [-0.2, -0.15) is 4.73 Å². The number of hydrogen-bond acceptors (Lipinski definition) is 5. The van der Waals surface area contributed by atoms with Crippen molar-refractivity contribution >= 4 is 39.1 Å². The molecule has 2 heterocycles. The van der Waals surface area contributed by atoms with E-state index in [-0.39, 0.29) is 38.7 Å². The number of hydrogen-bond donors (Lipinski definition) is 1. The highest BCUT2D eigenvalue weighted by Gasteiger charge is 2.40. The van der Waals surface area contributed by atoms with Crippen LogP contribution in [0, 0.1) is 12.1 Å². The average molecular weight is 514 g/mol. The number of pyridine rings is 1. The molecule has 0 fully saturated rings. The number of anilines is 1. The lowest BCUT2D eigenvalue weighted by molar-refractivity contribution is -0.612. The summed E-state index contributed by atoms with van der Waals surface area (Å²) in [4.78, 5) is 27.3. The molecule has 3 aromatic rings. The molecule has 0 unspecified atom stereocenters. The third-order valence-electron chi connectivity index (χ3n) is 5.86. The quantitative estimate of drug-likeness (QED) is 0.312. The highest BCUT2D eigenvalue weighted by molar-refractivity contribution is 7.92. The number of amides is 2. The third-order valence-corrected chi connectivity index (χ3v) is 7.55. The Morgan fingerprint density at radius 1 is 0.971 bits per heavy atom. The maximum absolute atomic E-state index is 13.2. The van der Waals surface area contributed by atoms with Gasteiger partial charge >= 0.3 is 0 Å². The largest absolute Gasteiger partial charge is 0.619 e. The number of benzene rings is 2. The molecule has 35 heavy (non-hydrogen) atoms. The fourth-order valence-corrected chi connectivity index (χ4v) is 5.12. The number of aromatic nitrogens is 1. The van der Waals surface area contributed by atoms with E-state index >= 15 is 0 Å². The number of aryl methyl sites for hydroxylation is 1. The van der Waals surface area contributed by atoms with Crippen LogP contribution in [0.25, 0.3) is 0 Å². The second-order valence-electron chi connectivity index (χ2n) is 9.43. The molecule has 0 spiro atoms. The van der Waals surface area contributed by atoms with E-state index in [4.69, 9.17) is 11.6 Å². The zero-order chi connectivity index (χ0) is 25.7. The standard InChI is InChI=1S/C25H24ClN3O5S/c1-15-5-6-16(14-29(15)32)13-28-23(30)21-19(26)11-12-20(22(21)24(28)31)27-35(33,34)18-9-7-17(8-10-18)25(2,3)4/h5-12,14,27H,13H2,1-4H3. The van der Waals surface area contributed by atoms with E-state index in [0.717, 1.165) is 10.5 Å². The molecule has 0 radical (unpaired) electrons. The fraction of sp³-hybridized carbons (Fsp3) is 0.240. The second kappa shape index (κ2) is 8.66. The Labute approximate surface area is 208 Å². The van der Waals surface area contributed by atoms with Gasteiger partial charge in [0.15, 0.2) is 11.9 Å². The SMILES string of the molecule is Cc1ccc(CN2C(=O)c3c(Cl)ccc(NS(=O)(=O)c4ccc(C(C)(C)C)cc4)c3C2=O)c[n+]1[O-]. The van der Waals surface area contributed by atoms with Crippen molar-refractivity contribution in [1.82, 2.24) is 4.90 Å². The van der Waals surface area contributed by atoms with Gasteiger partial charge in [0.25, 0.3) is 21.8 Å². The molecule has 0 aliphatic carbocycles. The van der Waals surface area contributed by atoms with Crippen molar-refractivity contribution in [1.29, 1.82) is 0 Å². The fourth-order valence-electron chi connectivity index (χ4n) is 3.81. The lowest BCUT2D eigenvalue weighted by Gasteiger charge is -2.19. The van der Waals surface area contributed by atoms with Crippen molar-refractivity contribution < 1.29 is 22.7 Å². The summed E-state index contributed by atoms with van der Waals surface area (Å²) in [7, 11) is -4.06. The molecule has 0 bridgehead atoms. The molecule has 1 N–H and O–H groups in total. The van der Waals surface area contributed by atoms with Gasteiger partial charge in [0, 0.05) is 18.6 Å². The maximum atomic E-state index is 13.2. The van der Waals surface area contributed by atoms with Crippen LogP contribution in [-0.2, 0) is 22.0 Å². The molecule has 1 aliphatic rings. The van der Waals surface area contributed by atoms with Crippen molar-refractivity contribution in [2.24, 2.45) is 0 Å². The minimum Gasteiger partial charge on any atom is -0.619 e. The summed E-state index contributed by atoms with van der Waals surface area (Å²) in [5.41, 5.74) is 1.47. The minimum atomic E-state index is -4.06. The predicted molar refractivity (Wildman–Crippen MR) is 132 cm³/mol. The number of imide groups is 1. The molecule has 4 rings (SSSR count). The lowest BCUT2D eigenvalue weighted by atomic mass is 9.87. The molecule has 8 nitrogen and oxygen atoms in total. The van der Waals surface area contributed by atoms with Crippen LogP contribution in [0.3, 0.4) is 0 Å². The van der Waals surface area contributed by atoms with Gasteiger partial charge in [0.05, 0.1) is 33.3 Å². The van der Waals surface area contributed by atoms with E-state index in [1.165, 1.54) is 30.5 Å². The summed E-state index contributed by atoms with van der Waals surface area (Å²) in [5, 5.41) is 11.9. The Morgan fingerprint density at radius 3 is 2.20 bits per heavy atom. The number of sulfonamides is 1. The Morgan fingerprint density at radius 2 is 1.60 bits per heavy atom. The van der Waals surface area contributed by atoms with Crippen LogP contribution < -0.4 is 9.45 Å². The van der Waals surface area contributed by atoms with Crippen LogP contribution in [0.15, 0.2) is 59.6 Å². The van der Waals surface area contributed by atoms with Crippen molar-refractivity contribution in [2.75, 3.05) is 4.72 Å².